The van der Waals surface area contributed by atoms with Crippen molar-refractivity contribution in [2.45, 2.75) is 19.4 Å². The molecule has 0 saturated carbocycles. The highest BCUT2D eigenvalue weighted by Gasteiger charge is 2.25. The molecule has 3 rings (SSSR count). The number of rotatable bonds is 1. The SMILES string of the molecule is Cc1cnn(C)c1C1NCCc2sccc21. The molecule has 4 heteroatoms. The number of thiophene rings is 1. The summed E-state index contributed by atoms with van der Waals surface area (Å²) in [6.07, 6.45) is 3.10. The summed E-state index contributed by atoms with van der Waals surface area (Å²) < 4.78 is 1.99. The molecule has 3 nitrogen and oxygen atoms in total. The maximum Gasteiger partial charge on any atom is 0.0761 e. The molecule has 0 bridgehead atoms. The van der Waals surface area contributed by atoms with Crippen LogP contribution in [0.3, 0.4) is 0 Å². The zero-order valence-corrected chi connectivity index (χ0v) is 10.3. The lowest BCUT2D eigenvalue weighted by Crippen LogP contribution is -2.31. The van der Waals surface area contributed by atoms with Crippen molar-refractivity contribution in [3.63, 3.8) is 0 Å². The predicted molar refractivity (Wildman–Crippen MR) is 65.8 cm³/mol. The Morgan fingerprint density at radius 2 is 2.44 bits per heavy atom. The lowest BCUT2D eigenvalue weighted by molar-refractivity contribution is 0.532. The van der Waals surface area contributed by atoms with Crippen LogP contribution in [0.5, 0.6) is 0 Å². The Kier molecular flexibility index (Phi) is 2.33. The van der Waals surface area contributed by atoms with Gasteiger partial charge in [0.25, 0.3) is 0 Å². The van der Waals surface area contributed by atoms with Gasteiger partial charge in [-0.05, 0) is 35.9 Å². The summed E-state index contributed by atoms with van der Waals surface area (Å²) in [7, 11) is 2.02. The van der Waals surface area contributed by atoms with Crippen molar-refractivity contribution in [1.82, 2.24) is 15.1 Å². The standard InChI is InChI=1S/C12H15N3S/c1-8-7-14-15(2)12(8)11-9-4-6-16-10(9)3-5-13-11/h4,6-7,11,13H,3,5H2,1-2H3. The van der Waals surface area contributed by atoms with Crippen molar-refractivity contribution >= 4 is 11.3 Å². The van der Waals surface area contributed by atoms with Gasteiger partial charge >= 0.3 is 0 Å². The lowest BCUT2D eigenvalue weighted by atomic mass is 9.97. The Bertz CT molecular complexity index is 493. The molecule has 2 aromatic rings. The van der Waals surface area contributed by atoms with Gasteiger partial charge < -0.3 is 5.32 Å². The molecule has 1 atom stereocenters. The van der Waals surface area contributed by atoms with Gasteiger partial charge in [-0.2, -0.15) is 5.10 Å². The number of nitrogens with zero attached hydrogens (tertiary/aromatic N) is 2. The maximum absolute atomic E-state index is 4.33. The molecule has 84 valence electrons. The van der Waals surface area contributed by atoms with Gasteiger partial charge in [-0.3, -0.25) is 4.68 Å². The van der Waals surface area contributed by atoms with Crippen molar-refractivity contribution in [3.8, 4) is 0 Å². The summed E-state index contributed by atoms with van der Waals surface area (Å²) >= 11 is 1.87. The van der Waals surface area contributed by atoms with E-state index < -0.39 is 0 Å². The summed E-state index contributed by atoms with van der Waals surface area (Å²) in [6.45, 7) is 3.19. The van der Waals surface area contributed by atoms with Gasteiger partial charge in [-0.1, -0.05) is 0 Å². The number of hydrogen-bond acceptors (Lipinski definition) is 3. The zero-order chi connectivity index (χ0) is 11.1. The Balaban J connectivity index is 2.10. The summed E-state index contributed by atoms with van der Waals surface area (Å²) in [6, 6.07) is 2.56. The Labute approximate surface area is 99.1 Å². The van der Waals surface area contributed by atoms with Crippen molar-refractivity contribution in [2.24, 2.45) is 7.05 Å². The number of aryl methyl sites for hydroxylation is 2. The normalized spacial score (nSPS) is 19.8. The lowest BCUT2D eigenvalue weighted by Gasteiger charge is -2.25. The summed E-state index contributed by atoms with van der Waals surface area (Å²) in [5.74, 6) is 0. The Hall–Kier alpha value is -1.13. The number of nitrogens with one attached hydrogen (secondary N) is 1. The minimum absolute atomic E-state index is 0.322. The number of fused-ring (bicyclic) bond motifs is 1. The first kappa shape index (κ1) is 10.1. The quantitative estimate of drug-likeness (QED) is 0.816. The van der Waals surface area contributed by atoms with Crippen molar-refractivity contribution < 1.29 is 0 Å². The van der Waals surface area contributed by atoms with E-state index in [1.807, 2.05) is 29.3 Å². The van der Waals surface area contributed by atoms with Gasteiger partial charge in [0.15, 0.2) is 0 Å². The largest absolute Gasteiger partial charge is 0.305 e. The minimum atomic E-state index is 0.322. The van der Waals surface area contributed by atoms with Crippen LogP contribution in [0.15, 0.2) is 17.6 Å². The second-order valence-electron chi connectivity index (χ2n) is 4.27. The molecule has 0 spiro atoms. The summed E-state index contributed by atoms with van der Waals surface area (Å²) in [5, 5.41) is 10.1. The van der Waals surface area contributed by atoms with Crippen LogP contribution >= 0.6 is 11.3 Å². The van der Waals surface area contributed by atoms with Crippen molar-refractivity contribution in [1.29, 1.82) is 0 Å². The van der Waals surface area contributed by atoms with E-state index in [9.17, 15) is 0 Å². The molecule has 0 aliphatic carbocycles. The fraction of sp³-hybridized carbons (Fsp3) is 0.417. The molecule has 1 N–H and O–H groups in total. The molecule has 1 unspecified atom stereocenters. The van der Waals surface area contributed by atoms with Crippen LogP contribution in [0.2, 0.25) is 0 Å². The van der Waals surface area contributed by atoms with Crippen LogP contribution in [0.1, 0.15) is 27.7 Å². The summed E-state index contributed by atoms with van der Waals surface area (Å²) in [4.78, 5) is 1.52. The highest BCUT2D eigenvalue weighted by molar-refractivity contribution is 7.10. The fourth-order valence-electron chi connectivity index (χ4n) is 2.47. The predicted octanol–water partition coefficient (Wildman–Crippen LogP) is 2.03. The van der Waals surface area contributed by atoms with E-state index in [2.05, 4.69) is 28.8 Å². The molecule has 0 fully saturated rings. The zero-order valence-electron chi connectivity index (χ0n) is 9.53. The van der Waals surface area contributed by atoms with Gasteiger partial charge in [0.05, 0.1) is 17.9 Å². The van der Waals surface area contributed by atoms with E-state index in [-0.39, 0.29) is 0 Å². The third-order valence-electron chi connectivity index (χ3n) is 3.24. The molecule has 0 amide bonds. The second-order valence-corrected chi connectivity index (χ2v) is 5.27. The topological polar surface area (TPSA) is 29.9 Å². The first-order valence-corrected chi connectivity index (χ1v) is 6.43. The van der Waals surface area contributed by atoms with Gasteiger partial charge in [-0.15, -0.1) is 11.3 Å². The second kappa shape index (κ2) is 3.71. The molecule has 16 heavy (non-hydrogen) atoms. The van der Waals surface area contributed by atoms with Crippen LogP contribution in [-0.4, -0.2) is 16.3 Å². The van der Waals surface area contributed by atoms with E-state index in [1.54, 1.807) is 0 Å². The highest BCUT2D eigenvalue weighted by Crippen LogP contribution is 2.32. The molecular weight excluding hydrogens is 218 g/mol. The molecule has 1 aliphatic heterocycles. The number of aromatic nitrogens is 2. The molecule has 1 aliphatic rings. The molecule has 0 aromatic carbocycles. The molecule has 0 radical (unpaired) electrons. The average molecular weight is 233 g/mol. The third-order valence-corrected chi connectivity index (χ3v) is 4.24. The van der Waals surface area contributed by atoms with Crippen molar-refractivity contribution in [3.05, 3.63) is 39.3 Å². The smallest absolute Gasteiger partial charge is 0.0761 e. The van der Waals surface area contributed by atoms with Crippen LogP contribution < -0.4 is 5.32 Å². The first-order valence-electron chi connectivity index (χ1n) is 5.55. The first-order chi connectivity index (χ1) is 7.77. The van der Waals surface area contributed by atoms with Crippen LogP contribution in [-0.2, 0) is 13.5 Å². The molecular formula is C12H15N3S. The minimum Gasteiger partial charge on any atom is -0.305 e. The Morgan fingerprint density at radius 1 is 1.56 bits per heavy atom. The molecule has 3 heterocycles. The molecule has 2 aromatic heterocycles. The van der Waals surface area contributed by atoms with Gasteiger partial charge in [0.2, 0.25) is 0 Å². The van der Waals surface area contributed by atoms with Crippen LogP contribution in [0.4, 0.5) is 0 Å². The Morgan fingerprint density at radius 3 is 3.19 bits per heavy atom. The van der Waals surface area contributed by atoms with E-state index >= 15 is 0 Å². The van der Waals surface area contributed by atoms with Gasteiger partial charge in [-0.25, -0.2) is 0 Å². The van der Waals surface area contributed by atoms with Gasteiger partial charge in [0.1, 0.15) is 0 Å². The molecule has 0 saturated heterocycles. The average Bonchev–Trinajstić information content (AvgIpc) is 2.86. The third kappa shape index (κ3) is 1.41. The highest BCUT2D eigenvalue weighted by atomic mass is 32.1. The monoisotopic (exact) mass is 233 g/mol. The van der Waals surface area contributed by atoms with E-state index in [0.29, 0.717) is 6.04 Å². The van der Waals surface area contributed by atoms with Gasteiger partial charge in [0, 0.05) is 18.5 Å². The fourth-order valence-corrected chi connectivity index (χ4v) is 3.39. The number of hydrogen-bond donors (Lipinski definition) is 1. The van der Waals surface area contributed by atoms with Crippen LogP contribution in [0.25, 0.3) is 0 Å². The van der Waals surface area contributed by atoms with Crippen LogP contribution in [0, 0.1) is 6.92 Å². The van der Waals surface area contributed by atoms with E-state index in [4.69, 9.17) is 0 Å². The van der Waals surface area contributed by atoms with E-state index in [0.717, 1.165) is 13.0 Å². The summed E-state index contributed by atoms with van der Waals surface area (Å²) in [5.41, 5.74) is 3.99. The maximum atomic E-state index is 4.33. The van der Waals surface area contributed by atoms with E-state index in [1.165, 1.54) is 21.7 Å². The van der Waals surface area contributed by atoms with Crippen molar-refractivity contribution in [2.75, 3.05) is 6.54 Å².